The van der Waals surface area contributed by atoms with Crippen LogP contribution in [-0.4, -0.2) is 33.6 Å². The zero-order valence-corrected chi connectivity index (χ0v) is 14.4. The van der Waals surface area contributed by atoms with Crippen LogP contribution in [0.15, 0.2) is 53.6 Å². The van der Waals surface area contributed by atoms with Crippen LogP contribution in [0.3, 0.4) is 0 Å². The summed E-state index contributed by atoms with van der Waals surface area (Å²) in [5.74, 6) is -1.68. The second-order valence-electron chi connectivity index (χ2n) is 4.85. The third-order valence-corrected chi connectivity index (χ3v) is 3.93. The van der Waals surface area contributed by atoms with Gasteiger partial charge in [-0.05, 0) is 31.2 Å². The molecule has 0 amide bonds. The van der Waals surface area contributed by atoms with E-state index in [0.717, 1.165) is 4.90 Å². The number of halogens is 3. The van der Waals surface area contributed by atoms with Gasteiger partial charge in [0.1, 0.15) is 12.0 Å². The Bertz CT molecular complexity index is 773. The Morgan fingerprint density at radius 2 is 2.04 bits per heavy atom. The highest BCUT2D eigenvalue weighted by atomic mass is 32.2. The first-order valence-corrected chi connectivity index (χ1v) is 8.33. The van der Waals surface area contributed by atoms with E-state index in [4.69, 9.17) is 14.6 Å². The molecule has 1 aromatic carbocycles. The predicted octanol–water partition coefficient (Wildman–Crippen LogP) is 4.15. The van der Waals surface area contributed by atoms with Gasteiger partial charge in [-0.2, -0.15) is 18.3 Å². The third kappa shape index (κ3) is 5.73. The van der Waals surface area contributed by atoms with E-state index >= 15 is 0 Å². The number of aliphatic hydroxyl groups is 1. The fourth-order valence-corrected chi connectivity index (χ4v) is 2.45. The lowest BCUT2D eigenvalue weighted by Gasteiger charge is -2.06. The average Bonchev–Trinajstić information content (AvgIpc) is 3.07. The largest absolute Gasteiger partial charge is 0.502 e. The number of thioether (sulfide) groups is 1. The topological polar surface area (TPSA) is 73.6 Å². The lowest BCUT2D eigenvalue weighted by molar-refractivity contribution is -0.122. The van der Waals surface area contributed by atoms with Gasteiger partial charge in [-0.15, -0.1) is 11.8 Å². The number of esters is 1. The number of nitrogens with zero attached hydrogens (tertiary/aromatic N) is 2. The Morgan fingerprint density at radius 1 is 1.35 bits per heavy atom. The molecule has 0 aliphatic heterocycles. The first kappa shape index (κ1) is 19.7. The van der Waals surface area contributed by atoms with Gasteiger partial charge in [-0.3, -0.25) is 4.68 Å². The molecule has 10 heteroatoms. The summed E-state index contributed by atoms with van der Waals surface area (Å²) >= 11 is 1.40. The maximum atomic E-state index is 12.1. The molecule has 0 aliphatic rings. The van der Waals surface area contributed by atoms with Crippen molar-refractivity contribution in [3.05, 3.63) is 54.2 Å². The van der Waals surface area contributed by atoms with Gasteiger partial charge in [0.15, 0.2) is 0 Å². The number of allylic oxidation sites excluding steroid dienone is 1. The Labute approximate surface area is 151 Å². The minimum atomic E-state index is -4.85. The van der Waals surface area contributed by atoms with Crippen LogP contribution in [0.2, 0.25) is 0 Å². The van der Waals surface area contributed by atoms with Gasteiger partial charge in [0.2, 0.25) is 5.76 Å². The van der Waals surface area contributed by atoms with Crippen molar-refractivity contribution in [2.75, 3.05) is 6.61 Å². The molecular formula is C16H15F3N2O4S. The average molecular weight is 388 g/mol. The summed E-state index contributed by atoms with van der Waals surface area (Å²) in [5, 5.41) is 12.8. The maximum absolute atomic E-state index is 12.1. The van der Waals surface area contributed by atoms with Crippen molar-refractivity contribution in [2.24, 2.45) is 0 Å². The maximum Gasteiger partial charge on any atom is 0.451 e. The molecule has 1 aromatic heterocycles. The number of ether oxygens (including phenoxy) is 2. The van der Waals surface area contributed by atoms with E-state index in [0.29, 0.717) is 11.4 Å². The monoisotopic (exact) mass is 388 g/mol. The molecule has 0 saturated carbocycles. The smallest absolute Gasteiger partial charge is 0.451 e. The van der Waals surface area contributed by atoms with Crippen LogP contribution >= 0.6 is 11.8 Å². The molecule has 140 valence electrons. The van der Waals surface area contributed by atoms with E-state index in [1.807, 2.05) is 0 Å². The molecule has 0 unspecified atom stereocenters. The van der Waals surface area contributed by atoms with Gasteiger partial charge in [-0.1, -0.05) is 0 Å². The minimum absolute atomic E-state index is 0.147. The van der Waals surface area contributed by atoms with Crippen LogP contribution in [0.5, 0.6) is 5.75 Å². The Balaban J connectivity index is 1.89. The van der Waals surface area contributed by atoms with Gasteiger partial charge in [0.25, 0.3) is 0 Å². The summed E-state index contributed by atoms with van der Waals surface area (Å²) < 4.78 is 47.6. The molecule has 2 aromatic rings. The first-order chi connectivity index (χ1) is 12.3. The summed E-state index contributed by atoms with van der Waals surface area (Å²) in [6.07, 6.45) is -1.63. The zero-order chi connectivity index (χ0) is 19.2. The van der Waals surface area contributed by atoms with Crippen LogP contribution in [0.4, 0.5) is 13.2 Å². The summed E-state index contributed by atoms with van der Waals surface area (Å²) in [5.41, 5.74) is 0.354. The Hall–Kier alpha value is -2.62. The van der Waals surface area contributed by atoms with Crippen molar-refractivity contribution in [3.8, 4) is 5.75 Å². The second-order valence-corrected chi connectivity index (χ2v) is 5.87. The number of carbonyl (C=O) groups excluding carboxylic acids is 1. The number of aliphatic hydroxyl groups excluding tert-OH is 1. The highest BCUT2D eigenvalue weighted by Crippen LogP contribution is 2.25. The van der Waals surface area contributed by atoms with Gasteiger partial charge in [0, 0.05) is 11.1 Å². The molecule has 0 fully saturated rings. The van der Waals surface area contributed by atoms with Crippen molar-refractivity contribution in [1.29, 1.82) is 0 Å². The summed E-state index contributed by atoms with van der Waals surface area (Å²) in [4.78, 5) is 12.4. The van der Waals surface area contributed by atoms with Crippen LogP contribution in [0.1, 0.15) is 17.3 Å². The number of hydrogen-bond acceptors (Lipinski definition) is 6. The molecule has 1 heterocycles. The van der Waals surface area contributed by atoms with Crippen molar-refractivity contribution < 1.29 is 32.5 Å². The summed E-state index contributed by atoms with van der Waals surface area (Å²) in [6, 6.07) is 6.23. The van der Waals surface area contributed by atoms with Gasteiger partial charge in [0.05, 0.1) is 24.2 Å². The van der Waals surface area contributed by atoms with Crippen LogP contribution in [0.25, 0.3) is 0 Å². The van der Waals surface area contributed by atoms with E-state index < -0.39 is 17.9 Å². The number of hydrogen-bond donors (Lipinski definition) is 1. The highest BCUT2D eigenvalue weighted by molar-refractivity contribution is 7.98. The second kappa shape index (κ2) is 8.65. The number of rotatable bonds is 7. The molecule has 6 nitrogen and oxygen atoms in total. The molecule has 0 aliphatic carbocycles. The SMILES string of the molecule is CCOC(=O)c1cnn(CSc2ccc(O/C=C(\O)C(F)(F)F)cc2)c1. The summed E-state index contributed by atoms with van der Waals surface area (Å²) in [7, 11) is 0. The fourth-order valence-electron chi connectivity index (χ4n) is 1.70. The normalized spacial score (nSPS) is 12.1. The molecule has 1 N–H and O–H groups in total. The highest BCUT2D eigenvalue weighted by Gasteiger charge is 2.34. The van der Waals surface area contributed by atoms with Crippen LogP contribution < -0.4 is 4.74 Å². The third-order valence-electron chi connectivity index (χ3n) is 2.93. The molecule has 26 heavy (non-hydrogen) atoms. The molecule has 0 spiro atoms. The van der Waals surface area contributed by atoms with E-state index in [1.165, 1.54) is 30.1 Å². The predicted molar refractivity (Wildman–Crippen MR) is 87.9 cm³/mol. The van der Waals surface area contributed by atoms with Crippen LogP contribution in [0, 0.1) is 0 Å². The molecule has 0 bridgehead atoms. The summed E-state index contributed by atoms with van der Waals surface area (Å²) in [6.45, 7) is 1.99. The molecule has 0 saturated heterocycles. The number of aromatic nitrogens is 2. The first-order valence-electron chi connectivity index (χ1n) is 7.35. The van der Waals surface area contributed by atoms with E-state index in [2.05, 4.69) is 5.10 Å². The van der Waals surface area contributed by atoms with E-state index in [-0.39, 0.29) is 18.6 Å². The molecule has 0 radical (unpaired) electrons. The Morgan fingerprint density at radius 3 is 2.65 bits per heavy atom. The standard InChI is InChI=1S/C16H15F3N2O4S/c1-2-24-15(23)11-7-20-21(8-11)10-26-13-5-3-12(4-6-13)25-9-14(22)16(17,18)19/h3-9,22H,2,10H2,1H3/b14-9-. The lowest BCUT2D eigenvalue weighted by atomic mass is 10.3. The number of alkyl halides is 3. The van der Waals surface area contributed by atoms with Crippen molar-refractivity contribution in [3.63, 3.8) is 0 Å². The fraction of sp³-hybridized carbons (Fsp3) is 0.250. The van der Waals surface area contributed by atoms with Crippen LogP contribution in [-0.2, 0) is 10.6 Å². The number of benzene rings is 1. The minimum Gasteiger partial charge on any atom is -0.502 e. The van der Waals surface area contributed by atoms with Gasteiger partial charge >= 0.3 is 12.1 Å². The molecule has 0 atom stereocenters. The Kier molecular flexibility index (Phi) is 6.56. The number of carbonyl (C=O) groups is 1. The molecular weight excluding hydrogens is 373 g/mol. The van der Waals surface area contributed by atoms with E-state index in [9.17, 15) is 18.0 Å². The zero-order valence-electron chi connectivity index (χ0n) is 13.6. The van der Waals surface area contributed by atoms with Crippen molar-refractivity contribution in [1.82, 2.24) is 9.78 Å². The lowest BCUT2D eigenvalue weighted by Crippen LogP contribution is -2.12. The van der Waals surface area contributed by atoms with Gasteiger partial charge < -0.3 is 14.6 Å². The quantitative estimate of drug-likeness (QED) is 0.436. The van der Waals surface area contributed by atoms with Crippen molar-refractivity contribution >= 4 is 17.7 Å². The molecule has 2 rings (SSSR count). The van der Waals surface area contributed by atoms with Gasteiger partial charge in [-0.25, -0.2) is 4.79 Å². The van der Waals surface area contributed by atoms with Crippen molar-refractivity contribution in [2.45, 2.75) is 23.9 Å². The van der Waals surface area contributed by atoms with E-state index in [1.54, 1.807) is 29.9 Å².